The lowest BCUT2D eigenvalue weighted by Crippen LogP contribution is -2.57. The average molecular weight is 651 g/mol. The van der Waals surface area contributed by atoms with E-state index in [1.807, 2.05) is 60.7 Å². The van der Waals surface area contributed by atoms with E-state index in [4.69, 9.17) is 4.74 Å². The number of rotatable bonds is 14. The van der Waals surface area contributed by atoms with Gasteiger partial charge in [0.2, 0.25) is 17.7 Å². The second-order valence-electron chi connectivity index (χ2n) is 11.5. The Balaban J connectivity index is 1.53. The largest absolute Gasteiger partial charge is 0.396 e. The molecule has 0 aliphatic carbocycles. The Morgan fingerprint density at radius 3 is 2.33 bits per heavy atom. The number of amides is 3. The van der Waals surface area contributed by atoms with Crippen LogP contribution in [0.1, 0.15) is 31.2 Å². The van der Waals surface area contributed by atoms with Gasteiger partial charge in [0.25, 0.3) is 0 Å². The molecular weight excluding hydrogens is 610 g/mol. The number of carbonyl (C=O) groups excluding carboxylic acids is 3. The molecule has 3 amide bonds. The second-order valence-corrected chi connectivity index (χ2v) is 12.7. The number of hydrogen-bond acceptors (Lipinski definition) is 5. The van der Waals surface area contributed by atoms with Crippen LogP contribution in [0.15, 0.2) is 86.0 Å². The van der Waals surface area contributed by atoms with Crippen LogP contribution in [0.4, 0.5) is 5.69 Å². The van der Waals surface area contributed by atoms with Gasteiger partial charge in [-0.15, -0.1) is 13.2 Å². The fourth-order valence-electron chi connectivity index (χ4n) is 7.11. The normalized spacial score (nSPS) is 27.2. The Kier molecular flexibility index (Phi) is 9.84. The molecule has 2 aromatic carbocycles. The monoisotopic (exact) mass is 649 g/mol. The molecule has 3 aliphatic rings. The molecule has 3 saturated heterocycles. The summed E-state index contributed by atoms with van der Waals surface area (Å²) in [5.41, 5.74) is 0.544. The standard InChI is InChI=1S/C34H40BrN3O5/c1-3-18-36(23-24-14-8-5-9-15-24)33(42)30-34-22-26(35)29(43-34)27(28(34)32(41)38(30)20-12-7-13-21-39)31(40)37(19-4-2)25-16-10-6-11-17-25/h3-6,8-11,14-17,26-30,39H,1-2,7,12-13,18-23H2/t26?,27-,28+,29-,30?,34?/m1/s1. The molecule has 5 rings (SSSR count). The maximum absolute atomic E-state index is 14.6. The van der Waals surface area contributed by atoms with Gasteiger partial charge < -0.3 is 24.5 Å². The molecule has 6 atom stereocenters. The van der Waals surface area contributed by atoms with Crippen LogP contribution in [-0.2, 0) is 25.7 Å². The number of alkyl halides is 1. The third-order valence-electron chi connectivity index (χ3n) is 8.89. The number of benzene rings is 2. The number of aliphatic hydroxyl groups is 1. The molecule has 0 radical (unpaired) electrons. The van der Waals surface area contributed by atoms with Crippen molar-refractivity contribution in [1.82, 2.24) is 9.80 Å². The van der Waals surface area contributed by atoms with Gasteiger partial charge in [0.15, 0.2) is 0 Å². The first kappa shape index (κ1) is 31.2. The van der Waals surface area contributed by atoms with E-state index in [0.29, 0.717) is 51.0 Å². The first-order valence-corrected chi connectivity index (χ1v) is 15.9. The van der Waals surface area contributed by atoms with Crippen molar-refractivity contribution in [2.24, 2.45) is 11.8 Å². The van der Waals surface area contributed by atoms with E-state index in [1.54, 1.807) is 26.9 Å². The molecule has 1 spiro atoms. The van der Waals surface area contributed by atoms with Gasteiger partial charge >= 0.3 is 0 Å². The maximum Gasteiger partial charge on any atom is 0.248 e. The lowest BCUT2D eigenvalue weighted by Gasteiger charge is -2.37. The molecule has 3 unspecified atom stereocenters. The van der Waals surface area contributed by atoms with E-state index >= 15 is 0 Å². The quantitative estimate of drug-likeness (QED) is 0.187. The maximum atomic E-state index is 14.6. The fourth-order valence-corrected chi connectivity index (χ4v) is 8.05. The molecule has 3 aliphatic heterocycles. The van der Waals surface area contributed by atoms with E-state index in [2.05, 4.69) is 29.1 Å². The third-order valence-corrected chi connectivity index (χ3v) is 9.73. The zero-order valence-electron chi connectivity index (χ0n) is 24.4. The molecule has 0 saturated carbocycles. The number of nitrogens with zero attached hydrogens (tertiary/aromatic N) is 3. The van der Waals surface area contributed by atoms with Crippen LogP contribution in [-0.4, -0.2) is 81.4 Å². The number of unbranched alkanes of at least 4 members (excludes halogenated alkanes) is 2. The lowest BCUT2D eigenvalue weighted by atomic mass is 9.70. The van der Waals surface area contributed by atoms with Crippen molar-refractivity contribution in [3.8, 4) is 0 Å². The van der Waals surface area contributed by atoms with Gasteiger partial charge in [-0.2, -0.15) is 0 Å². The van der Waals surface area contributed by atoms with Crippen molar-refractivity contribution in [3.05, 3.63) is 91.5 Å². The van der Waals surface area contributed by atoms with Crippen molar-refractivity contribution in [2.75, 3.05) is 31.1 Å². The van der Waals surface area contributed by atoms with Crippen LogP contribution >= 0.6 is 15.9 Å². The van der Waals surface area contributed by atoms with Gasteiger partial charge in [0.1, 0.15) is 11.6 Å². The number of anilines is 1. The molecule has 3 fully saturated rings. The predicted octanol–water partition coefficient (Wildman–Crippen LogP) is 4.33. The molecule has 228 valence electrons. The fraction of sp³-hybridized carbons (Fsp3) is 0.441. The number of hydrogen-bond donors (Lipinski definition) is 1. The van der Waals surface area contributed by atoms with Crippen LogP contribution < -0.4 is 4.90 Å². The zero-order chi connectivity index (χ0) is 30.6. The van der Waals surface area contributed by atoms with Crippen molar-refractivity contribution < 1.29 is 24.2 Å². The summed E-state index contributed by atoms with van der Waals surface area (Å²) in [5.74, 6) is -2.18. The van der Waals surface area contributed by atoms with Crippen molar-refractivity contribution in [3.63, 3.8) is 0 Å². The SMILES string of the molecule is C=CCN(Cc1ccccc1)C(=O)C1N(CCCCCO)C(=O)[C@@H]2[C@@H](C(=O)N(CC=C)c3ccccc3)[C@@H]3OC12CC3Br. The smallest absolute Gasteiger partial charge is 0.248 e. The summed E-state index contributed by atoms with van der Waals surface area (Å²) in [4.78, 5) is 48.2. The summed E-state index contributed by atoms with van der Waals surface area (Å²) < 4.78 is 6.74. The minimum Gasteiger partial charge on any atom is -0.396 e. The van der Waals surface area contributed by atoms with Crippen molar-refractivity contribution in [2.45, 2.75) is 54.8 Å². The minimum atomic E-state index is -1.14. The van der Waals surface area contributed by atoms with Gasteiger partial charge in [0.05, 0.1) is 17.9 Å². The highest BCUT2D eigenvalue weighted by molar-refractivity contribution is 9.09. The van der Waals surface area contributed by atoms with Gasteiger partial charge in [0, 0.05) is 43.3 Å². The van der Waals surface area contributed by atoms with Crippen LogP contribution in [0, 0.1) is 11.8 Å². The number of carbonyl (C=O) groups is 3. The minimum absolute atomic E-state index is 0.0678. The van der Waals surface area contributed by atoms with Gasteiger partial charge in [-0.25, -0.2) is 0 Å². The molecule has 0 aromatic heterocycles. The van der Waals surface area contributed by atoms with Gasteiger partial charge in [-0.3, -0.25) is 14.4 Å². The second kappa shape index (κ2) is 13.6. The van der Waals surface area contributed by atoms with E-state index in [1.165, 1.54) is 0 Å². The Bertz CT molecular complexity index is 1320. The molecular formula is C34H40BrN3O5. The van der Waals surface area contributed by atoms with E-state index in [-0.39, 0.29) is 35.7 Å². The number of aliphatic hydroxyl groups excluding tert-OH is 1. The topological polar surface area (TPSA) is 90.4 Å². The number of para-hydroxylation sites is 1. The van der Waals surface area contributed by atoms with Crippen LogP contribution in [0.3, 0.4) is 0 Å². The molecule has 2 bridgehead atoms. The highest BCUT2D eigenvalue weighted by Gasteiger charge is 2.76. The van der Waals surface area contributed by atoms with Crippen molar-refractivity contribution >= 4 is 39.3 Å². The van der Waals surface area contributed by atoms with Gasteiger partial charge in [-0.1, -0.05) is 76.6 Å². The molecule has 9 heteroatoms. The van der Waals surface area contributed by atoms with E-state index in [9.17, 15) is 19.5 Å². The van der Waals surface area contributed by atoms with Crippen LogP contribution in [0.25, 0.3) is 0 Å². The van der Waals surface area contributed by atoms with E-state index < -0.39 is 29.6 Å². The Labute approximate surface area is 262 Å². The third kappa shape index (κ3) is 5.82. The zero-order valence-corrected chi connectivity index (χ0v) is 26.0. The molecule has 3 heterocycles. The van der Waals surface area contributed by atoms with Crippen LogP contribution in [0.5, 0.6) is 0 Å². The molecule has 8 nitrogen and oxygen atoms in total. The van der Waals surface area contributed by atoms with E-state index in [0.717, 1.165) is 5.56 Å². The first-order valence-electron chi connectivity index (χ1n) is 15.0. The summed E-state index contributed by atoms with van der Waals surface area (Å²) in [6.45, 7) is 9.11. The highest BCUT2D eigenvalue weighted by Crippen LogP contribution is 2.60. The number of fused-ring (bicyclic) bond motifs is 1. The van der Waals surface area contributed by atoms with Gasteiger partial charge in [-0.05, 0) is 43.4 Å². The summed E-state index contributed by atoms with van der Waals surface area (Å²) in [6, 6.07) is 18.2. The number of ether oxygens (including phenoxy) is 1. The lowest BCUT2D eigenvalue weighted by molar-refractivity contribution is -0.148. The Hall–Kier alpha value is -3.27. The molecule has 1 N–H and O–H groups in total. The summed E-state index contributed by atoms with van der Waals surface area (Å²) in [5, 5.41) is 9.33. The average Bonchev–Trinajstić information content (AvgIpc) is 3.61. The highest BCUT2D eigenvalue weighted by atomic mass is 79.9. The predicted molar refractivity (Wildman–Crippen MR) is 169 cm³/mol. The number of halogens is 1. The first-order chi connectivity index (χ1) is 20.9. The van der Waals surface area contributed by atoms with Crippen LogP contribution in [0.2, 0.25) is 0 Å². The molecule has 43 heavy (non-hydrogen) atoms. The molecule has 2 aromatic rings. The summed E-state index contributed by atoms with van der Waals surface area (Å²) in [7, 11) is 0. The number of likely N-dealkylation sites (tertiary alicyclic amines) is 1. The Morgan fingerprint density at radius 2 is 1.67 bits per heavy atom. The summed E-state index contributed by atoms with van der Waals surface area (Å²) in [6.07, 6.45) is 5.22. The Morgan fingerprint density at radius 1 is 1.00 bits per heavy atom. The summed E-state index contributed by atoms with van der Waals surface area (Å²) >= 11 is 3.78. The van der Waals surface area contributed by atoms with Crippen molar-refractivity contribution in [1.29, 1.82) is 0 Å².